The van der Waals surface area contributed by atoms with E-state index in [1.54, 1.807) is 0 Å². The highest BCUT2D eigenvalue weighted by atomic mass is 32.1. The molecule has 3 unspecified atom stereocenters. The van der Waals surface area contributed by atoms with E-state index in [9.17, 15) is 24.0 Å². The maximum Gasteiger partial charge on any atom is 0.326 e. The minimum atomic E-state index is -1.35. The van der Waals surface area contributed by atoms with Crippen molar-refractivity contribution in [3.8, 4) is 0 Å². The normalized spacial score (nSPS) is 13.5. The summed E-state index contributed by atoms with van der Waals surface area (Å²) < 4.78 is 0. The SMILES string of the molecule is NC(=O)CCC(NC(=O)CNC(=O)C(Cc1cnc[nH]1)NC(=O)C(N)CS)C(=O)O. The van der Waals surface area contributed by atoms with Crippen molar-refractivity contribution in [3.05, 3.63) is 18.2 Å². The van der Waals surface area contributed by atoms with Gasteiger partial charge in [0.2, 0.25) is 23.6 Å². The summed E-state index contributed by atoms with van der Waals surface area (Å²) in [5.41, 5.74) is 11.1. The maximum absolute atomic E-state index is 12.5. The Morgan fingerprint density at radius 1 is 1.17 bits per heavy atom. The molecule has 0 aliphatic rings. The molecule has 0 fully saturated rings. The van der Waals surface area contributed by atoms with Gasteiger partial charge in [-0.05, 0) is 6.42 Å². The molecule has 1 heterocycles. The van der Waals surface area contributed by atoms with Crippen LogP contribution in [0.3, 0.4) is 0 Å². The number of aromatic nitrogens is 2. The van der Waals surface area contributed by atoms with E-state index in [4.69, 9.17) is 16.6 Å². The van der Waals surface area contributed by atoms with Crippen LogP contribution in [0.25, 0.3) is 0 Å². The number of H-pyrrole nitrogens is 1. The third-order valence-corrected chi connectivity index (χ3v) is 4.27. The Morgan fingerprint density at radius 3 is 2.40 bits per heavy atom. The minimum Gasteiger partial charge on any atom is -0.480 e. The number of carbonyl (C=O) groups excluding carboxylic acids is 4. The standard InChI is InChI=1S/C16H25N7O6S/c17-9(6-30)14(26)23-11(3-8-4-19-7-21-8)15(27)20-5-13(25)22-10(16(28)29)1-2-12(18)24/h4,7,9-11,30H,1-3,5-6,17H2,(H2,18,24)(H,19,21)(H,20,27)(H,22,25)(H,23,26)(H,28,29). The highest BCUT2D eigenvalue weighted by Gasteiger charge is 2.25. The Labute approximate surface area is 177 Å². The van der Waals surface area contributed by atoms with Gasteiger partial charge in [-0.1, -0.05) is 0 Å². The lowest BCUT2D eigenvalue weighted by molar-refractivity contribution is -0.142. The quantitative estimate of drug-likeness (QED) is 0.143. The summed E-state index contributed by atoms with van der Waals surface area (Å²) in [5.74, 6) is -4.08. The molecule has 9 N–H and O–H groups in total. The largest absolute Gasteiger partial charge is 0.480 e. The molecule has 0 bridgehead atoms. The van der Waals surface area contributed by atoms with Gasteiger partial charge < -0.3 is 37.5 Å². The number of imidazole rings is 1. The number of primary amides is 1. The molecule has 166 valence electrons. The molecule has 13 nitrogen and oxygen atoms in total. The molecule has 0 aliphatic heterocycles. The molecule has 0 radical (unpaired) electrons. The molecule has 14 heteroatoms. The van der Waals surface area contributed by atoms with Crippen molar-refractivity contribution < 1.29 is 29.1 Å². The number of hydrogen-bond acceptors (Lipinski definition) is 8. The van der Waals surface area contributed by atoms with Gasteiger partial charge in [-0.3, -0.25) is 19.2 Å². The van der Waals surface area contributed by atoms with Crippen LogP contribution in [-0.4, -0.2) is 75.1 Å². The fourth-order valence-electron chi connectivity index (χ4n) is 2.27. The Kier molecular flexibility index (Phi) is 10.3. The third-order valence-electron chi connectivity index (χ3n) is 3.88. The van der Waals surface area contributed by atoms with Gasteiger partial charge >= 0.3 is 5.97 Å². The number of carboxylic acids is 1. The van der Waals surface area contributed by atoms with E-state index in [0.29, 0.717) is 5.69 Å². The number of nitrogens with one attached hydrogen (secondary N) is 4. The van der Waals surface area contributed by atoms with Gasteiger partial charge in [0.1, 0.15) is 12.1 Å². The molecule has 4 amide bonds. The van der Waals surface area contributed by atoms with Gasteiger partial charge in [-0.25, -0.2) is 9.78 Å². The van der Waals surface area contributed by atoms with Crippen molar-refractivity contribution in [2.24, 2.45) is 11.5 Å². The highest BCUT2D eigenvalue weighted by molar-refractivity contribution is 7.80. The van der Waals surface area contributed by atoms with Crippen molar-refractivity contribution >= 4 is 42.2 Å². The van der Waals surface area contributed by atoms with Crippen LogP contribution in [0.5, 0.6) is 0 Å². The predicted octanol–water partition coefficient (Wildman–Crippen LogP) is -3.35. The lowest BCUT2D eigenvalue weighted by Crippen LogP contribution is -2.54. The number of carboxylic acid groups (broad SMARTS) is 1. The molecule has 0 spiro atoms. The second-order valence-electron chi connectivity index (χ2n) is 6.31. The van der Waals surface area contributed by atoms with Crippen LogP contribution in [0.4, 0.5) is 0 Å². The minimum absolute atomic E-state index is 0.0504. The number of amides is 4. The van der Waals surface area contributed by atoms with E-state index >= 15 is 0 Å². The summed E-state index contributed by atoms with van der Waals surface area (Å²) in [6.45, 7) is -0.548. The van der Waals surface area contributed by atoms with Gasteiger partial charge in [0.25, 0.3) is 0 Å². The smallest absolute Gasteiger partial charge is 0.326 e. The van der Waals surface area contributed by atoms with Crippen molar-refractivity contribution in [2.45, 2.75) is 37.4 Å². The second-order valence-corrected chi connectivity index (χ2v) is 6.68. The van der Waals surface area contributed by atoms with Crippen LogP contribution in [0.15, 0.2) is 12.5 Å². The lowest BCUT2D eigenvalue weighted by atomic mass is 10.1. The molecular weight excluding hydrogens is 418 g/mol. The fraction of sp³-hybridized carbons (Fsp3) is 0.500. The Morgan fingerprint density at radius 2 is 1.87 bits per heavy atom. The average Bonchev–Trinajstić information content (AvgIpc) is 3.20. The number of carbonyl (C=O) groups is 5. The summed E-state index contributed by atoms with van der Waals surface area (Å²) in [4.78, 5) is 65.1. The van der Waals surface area contributed by atoms with Crippen molar-refractivity contribution in [2.75, 3.05) is 12.3 Å². The van der Waals surface area contributed by atoms with Crippen LogP contribution in [0.1, 0.15) is 18.5 Å². The highest BCUT2D eigenvalue weighted by Crippen LogP contribution is 2.01. The molecule has 3 atom stereocenters. The number of hydrogen-bond donors (Lipinski definition) is 8. The Bertz CT molecular complexity index is 757. The fourth-order valence-corrected chi connectivity index (χ4v) is 2.43. The van der Waals surface area contributed by atoms with Crippen LogP contribution in [0, 0.1) is 0 Å². The Balaban J connectivity index is 2.68. The number of nitrogens with zero attached hydrogens (tertiary/aromatic N) is 1. The molecule has 0 aliphatic carbocycles. The molecule has 1 aromatic rings. The predicted molar refractivity (Wildman–Crippen MR) is 107 cm³/mol. The van der Waals surface area contributed by atoms with Gasteiger partial charge in [-0.2, -0.15) is 12.6 Å². The number of aromatic amines is 1. The van der Waals surface area contributed by atoms with Gasteiger partial charge in [0.15, 0.2) is 0 Å². The number of rotatable bonds is 13. The zero-order valence-corrected chi connectivity index (χ0v) is 16.9. The number of nitrogens with two attached hydrogens (primary N) is 2. The topological polar surface area (TPSA) is 222 Å². The molecule has 1 aromatic heterocycles. The molecule has 30 heavy (non-hydrogen) atoms. The van der Waals surface area contributed by atoms with Crippen LogP contribution >= 0.6 is 12.6 Å². The van der Waals surface area contributed by atoms with Gasteiger partial charge in [0, 0.05) is 30.5 Å². The van der Waals surface area contributed by atoms with Crippen molar-refractivity contribution in [3.63, 3.8) is 0 Å². The summed E-state index contributed by atoms with van der Waals surface area (Å²) in [6.07, 6.45) is 2.50. The number of thiol groups is 1. The second kappa shape index (κ2) is 12.4. The van der Waals surface area contributed by atoms with Gasteiger partial charge in [0.05, 0.1) is 18.9 Å². The monoisotopic (exact) mass is 443 g/mol. The third kappa shape index (κ3) is 8.91. The summed E-state index contributed by atoms with van der Waals surface area (Å²) in [5, 5.41) is 16.1. The zero-order valence-electron chi connectivity index (χ0n) is 16.0. The van der Waals surface area contributed by atoms with Crippen LogP contribution in [-0.2, 0) is 30.4 Å². The van der Waals surface area contributed by atoms with E-state index in [1.807, 2.05) is 0 Å². The molecule has 0 aromatic carbocycles. The molecule has 0 saturated heterocycles. The van der Waals surface area contributed by atoms with E-state index < -0.39 is 54.3 Å². The summed E-state index contributed by atoms with van der Waals surface area (Å²) in [7, 11) is 0. The molecular formula is C16H25N7O6S. The van der Waals surface area contributed by atoms with E-state index in [2.05, 4.69) is 38.5 Å². The zero-order chi connectivity index (χ0) is 22.7. The molecule has 1 rings (SSSR count). The van der Waals surface area contributed by atoms with Crippen molar-refractivity contribution in [1.29, 1.82) is 0 Å². The maximum atomic E-state index is 12.5. The first kappa shape index (κ1) is 24.9. The van der Waals surface area contributed by atoms with Gasteiger partial charge in [-0.15, -0.1) is 0 Å². The Hall–Kier alpha value is -3.13. The summed E-state index contributed by atoms with van der Waals surface area (Å²) >= 11 is 3.93. The number of aliphatic carboxylic acids is 1. The van der Waals surface area contributed by atoms with E-state index in [1.165, 1.54) is 12.5 Å². The lowest BCUT2D eigenvalue weighted by Gasteiger charge is -2.20. The molecule has 0 saturated carbocycles. The van der Waals surface area contributed by atoms with Crippen molar-refractivity contribution in [1.82, 2.24) is 25.9 Å². The first-order valence-corrected chi connectivity index (χ1v) is 9.49. The first-order chi connectivity index (χ1) is 14.1. The van der Waals surface area contributed by atoms with Crippen LogP contribution < -0.4 is 27.4 Å². The first-order valence-electron chi connectivity index (χ1n) is 8.86. The van der Waals surface area contributed by atoms with Crippen LogP contribution in [0.2, 0.25) is 0 Å². The van der Waals surface area contributed by atoms with E-state index in [0.717, 1.165) is 0 Å². The summed E-state index contributed by atoms with van der Waals surface area (Å²) in [6, 6.07) is -3.34. The van der Waals surface area contributed by atoms with E-state index in [-0.39, 0.29) is 25.0 Å². The average molecular weight is 443 g/mol.